The SMILES string of the molecule is COc1ccc(CC(=O)Nc2nc3n(n2)[C@@H](c2ccc(Cl)cc2)C[C@H](c2ccccc2)N3)cc1. The zero-order valence-corrected chi connectivity index (χ0v) is 19.4. The number of carbonyl (C=O) groups is 1. The molecular weight excluding hydrogens is 450 g/mol. The summed E-state index contributed by atoms with van der Waals surface area (Å²) >= 11 is 6.12. The van der Waals surface area contributed by atoms with Gasteiger partial charge in [0.2, 0.25) is 11.9 Å². The van der Waals surface area contributed by atoms with Gasteiger partial charge in [-0.15, -0.1) is 5.10 Å². The normalized spacial score (nSPS) is 16.9. The molecule has 0 fully saturated rings. The van der Waals surface area contributed by atoms with Gasteiger partial charge in [-0.2, -0.15) is 4.98 Å². The molecule has 7 nitrogen and oxygen atoms in total. The summed E-state index contributed by atoms with van der Waals surface area (Å²) in [6, 6.07) is 25.4. The maximum absolute atomic E-state index is 12.7. The minimum Gasteiger partial charge on any atom is -0.497 e. The fourth-order valence-electron chi connectivity index (χ4n) is 4.19. The Bertz CT molecular complexity index is 1270. The van der Waals surface area contributed by atoms with E-state index in [2.05, 4.69) is 32.8 Å². The molecule has 1 aliphatic rings. The first kappa shape index (κ1) is 22.0. The predicted molar refractivity (Wildman–Crippen MR) is 132 cm³/mol. The van der Waals surface area contributed by atoms with Crippen LogP contribution < -0.4 is 15.4 Å². The minimum atomic E-state index is -0.184. The molecule has 5 rings (SSSR count). The summed E-state index contributed by atoms with van der Waals surface area (Å²) in [6.45, 7) is 0. The first-order chi connectivity index (χ1) is 16.6. The summed E-state index contributed by atoms with van der Waals surface area (Å²) in [4.78, 5) is 17.2. The van der Waals surface area contributed by atoms with Crippen LogP contribution in [0, 0.1) is 0 Å². The minimum absolute atomic E-state index is 0.0569. The van der Waals surface area contributed by atoms with E-state index in [1.54, 1.807) is 7.11 Å². The van der Waals surface area contributed by atoms with Crippen LogP contribution in [0.5, 0.6) is 5.75 Å². The van der Waals surface area contributed by atoms with E-state index in [4.69, 9.17) is 16.3 Å². The van der Waals surface area contributed by atoms with Crippen LogP contribution in [-0.2, 0) is 11.2 Å². The molecular formula is C26H24ClN5O2. The molecule has 2 heterocycles. The van der Waals surface area contributed by atoms with Crippen molar-refractivity contribution >= 4 is 29.4 Å². The Hall–Kier alpha value is -3.84. The largest absolute Gasteiger partial charge is 0.497 e. The van der Waals surface area contributed by atoms with Crippen molar-refractivity contribution in [2.75, 3.05) is 17.7 Å². The Balaban J connectivity index is 1.39. The Morgan fingerprint density at radius 3 is 2.50 bits per heavy atom. The molecule has 0 radical (unpaired) electrons. The zero-order chi connectivity index (χ0) is 23.5. The van der Waals surface area contributed by atoms with Gasteiger partial charge < -0.3 is 10.1 Å². The van der Waals surface area contributed by atoms with E-state index in [-0.39, 0.29) is 30.4 Å². The van der Waals surface area contributed by atoms with Crippen LogP contribution in [0.2, 0.25) is 5.02 Å². The number of nitrogens with zero attached hydrogens (tertiary/aromatic N) is 3. The average molecular weight is 474 g/mol. The van der Waals surface area contributed by atoms with E-state index in [1.807, 2.05) is 71.4 Å². The van der Waals surface area contributed by atoms with Gasteiger partial charge in [-0.3, -0.25) is 10.1 Å². The van der Waals surface area contributed by atoms with Gasteiger partial charge in [0.1, 0.15) is 5.75 Å². The first-order valence-corrected chi connectivity index (χ1v) is 11.4. The molecule has 1 amide bonds. The quantitative estimate of drug-likeness (QED) is 0.399. The molecule has 1 aromatic heterocycles. The van der Waals surface area contributed by atoms with Crippen molar-refractivity contribution in [3.63, 3.8) is 0 Å². The van der Waals surface area contributed by atoms with Crippen LogP contribution in [0.15, 0.2) is 78.9 Å². The molecule has 4 aromatic rings. The van der Waals surface area contributed by atoms with Crippen LogP contribution in [0.4, 0.5) is 11.9 Å². The molecule has 0 spiro atoms. The Morgan fingerprint density at radius 1 is 1.06 bits per heavy atom. The molecule has 0 saturated heterocycles. The lowest BCUT2D eigenvalue weighted by atomic mass is 9.93. The molecule has 0 bridgehead atoms. The first-order valence-electron chi connectivity index (χ1n) is 11.1. The van der Waals surface area contributed by atoms with Crippen LogP contribution in [0.3, 0.4) is 0 Å². The molecule has 0 unspecified atom stereocenters. The lowest BCUT2D eigenvalue weighted by molar-refractivity contribution is -0.115. The van der Waals surface area contributed by atoms with E-state index in [0.717, 1.165) is 23.3 Å². The highest BCUT2D eigenvalue weighted by atomic mass is 35.5. The number of carbonyl (C=O) groups excluding carboxylic acids is 1. The number of anilines is 2. The molecule has 34 heavy (non-hydrogen) atoms. The van der Waals surface area contributed by atoms with E-state index < -0.39 is 0 Å². The monoisotopic (exact) mass is 473 g/mol. The van der Waals surface area contributed by atoms with E-state index >= 15 is 0 Å². The number of hydrogen-bond donors (Lipinski definition) is 2. The van der Waals surface area contributed by atoms with Crippen molar-refractivity contribution in [1.29, 1.82) is 0 Å². The number of methoxy groups -OCH3 is 1. The Kier molecular flexibility index (Phi) is 6.18. The van der Waals surface area contributed by atoms with Crippen molar-refractivity contribution in [2.45, 2.75) is 24.9 Å². The highest BCUT2D eigenvalue weighted by molar-refractivity contribution is 6.30. The summed E-state index contributed by atoms with van der Waals surface area (Å²) in [5.41, 5.74) is 3.12. The van der Waals surface area contributed by atoms with Gasteiger partial charge in [-0.05, 0) is 47.4 Å². The second-order valence-electron chi connectivity index (χ2n) is 8.19. The smallest absolute Gasteiger partial charge is 0.250 e. The zero-order valence-electron chi connectivity index (χ0n) is 18.6. The third-order valence-electron chi connectivity index (χ3n) is 5.92. The average Bonchev–Trinajstić information content (AvgIpc) is 3.27. The number of ether oxygens (including phenoxy) is 1. The fraction of sp³-hybridized carbons (Fsp3) is 0.192. The standard InChI is InChI=1S/C26H24ClN5O2/c1-34-21-13-7-17(8-14-21)15-24(33)29-25-30-26-28-22(18-5-3-2-4-6-18)16-23(32(26)31-25)19-9-11-20(27)12-10-19/h2-14,22-23H,15-16H2,1H3,(H2,28,29,30,31,33)/t22-,23-/m1/s1. The topological polar surface area (TPSA) is 81.1 Å². The molecule has 2 N–H and O–H groups in total. The highest BCUT2D eigenvalue weighted by Crippen LogP contribution is 2.38. The number of hydrogen-bond acceptors (Lipinski definition) is 5. The number of nitrogens with one attached hydrogen (secondary N) is 2. The predicted octanol–water partition coefficient (Wildman–Crippen LogP) is 5.27. The maximum Gasteiger partial charge on any atom is 0.250 e. The van der Waals surface area contributed by atoms with Gasteiger partial charge in [0.15, 0.2) is 0 Å². The molecule has 2 atom stereocenters. The van der Waals surface area contributed by atoms with Gasteiger partial charge >= 0.3 is 0 Å². The molecule has 0 saturated carbocycles. The lowest BCUT2D eigenvalue weighted by Crippen LogP contribution is -2.28. The summed E-state index contributed by atoms with van der Waals surface area (Å²) in [5, 5.41) is 11.6. The van der Waals surface area contributed by atoms with E-state index in [1.165, 1.54) is 5.56 Å². The second-order valence-corrected chi connectivity index (χ2v) is 8.62. The van der Waals surface area contributed by atoms with Gasteiger partial charge in [0, 0.05) is 5.02 Å². The van der Waals surface area contributed by atoms with Crippen molar-refractivity contribution in [2.24, 2.45) is 0 Å². The summed E-state index contributed by atoms with van der Waals surface area (Å²) in [7, 11) is 1.61. The number of rotatable bonds is 6. The lowest BCUT2D eigenvalue weighted by Gasteiger charge is -2.31. The highest BCUT2D eigenvalue weighted by Gasteiger charge is 2.31. The third-order valence-corrected chi connectivity index (χ3v) is 6.17. The number of benzene rings is 3. The molecule has 1 aliphatic heterocycles. The Labute approximate surface area is 202 Å². The van der Waals surface area contributed by atoms with Crippen molar-refractivity contribution in [3.8, 4) is 5.75 Å². The van der Waals surface area contributed by atoms with Gasteiger partial charge in [0.05, 0.1) is 25.6 Å². The summed E-state index contributed by atoms with van der Waals surface area (Å²) < 4.78 is 7.01. The molecule has 8 heteroatoms. The van der Waals surface area contributed by atoms with E-state index in [0.29, 0.717) is 11.0 Å². The molecule has 172 valence electrons. The van der Waals surface area contributed by atoms with Gasteiger partial charge in [-0.25, -0.2) is 4.68 Å². The number of fused-ring (bicyclic) bond motifs is 1. The van der Waals surface area contributed by atoms with Crippen LogP contribution in [0.1, 0.15) is 35.2 Å². The second kappa shape index (κ2) is 9.57. The van der Waals surface area contributed by atoms with Crippen LogP contribution in [0.25, 0.3) is 0 Å². The fourth-order valence-corrected chi connectivity index (χ4v) is 4.32. The Morgan fingerprint density at radius 2 is 1.79 bits per heavy atom. The van der Waals surface area contributed by atoms with Crippen molar-refractivity contribution in [1.82, 2.24) is 14.8 Å². The maximum atomic E-state index is 12.7. The third kappa shape index (κ3) is 4.75. The van der Waals surface area contributed by atoms with E-state index in [9.17, 15) is 4.79 Å². The summed E-state index contributed by atoms with van der Waals surface area (Å²) in [5.74, 6) is 1.45. The van der Waals surface area contributed by atoms with Crippen LogP contribution >= 0.6 is 11.6 Å². The number of amides is 1. The number of halogens is 1. The van der Waals surface area contributed by atoms with Crippen molar-refractivity contribution < 1.29 is 9.53 Å². The summed E-state index contributed by atoms with van der Waals surface area (Å²) in [6.07, 6.45) is 0.996. The van der Waals surface area contributed by atoms with Crippen LogP contribution in [-0.4, -0.2) is 27.8 Å². The van der Waals surface area contributed by atoms with Crippen molar-refractivity contribution in [3.05, 3.63) is 101 Å². The van der Waals surface area contributed by atoms with Gasteiger partial charge in [0.25, 0.3) is 5.95 Å². The molecule has 3 aromatic carbocycles. The molecule has 0 aliphatic carbocycles. The number of aromatic nitrogens is 3. The van der Waals surface area contributed by atoms with Gasteiger partial charge in [-0.1, -0.05) is 66.2 Å².